The van der Waals surface area contributed by atoms with Crippen LogP contribution in [0.15, 0.2) is 166 Å². The molecule has 2 unspecified atom stereocenters. The minimum absolute atomic E-state index is 0.0685. The summed E-state index contributed by atoms with van der Waals surface area (Å²) >= 11 is 0. The van der Waals surface area contributed by atoms with Crippen molar-refractivity contribution in [3.05, 3.63) is 218 Å². The minimum Gasteiger partial charge on any atom is -0.456 e. The third kappa shape index (κ3) is 5.71. The van der Waals surface area contributed by atoms with Gasteiger partial charge >= 0.3 is 0 Å². The van der Waals surface area contributed by atoms with Crippen LogP contribution >= 0.6 is 0 Å². The summed E-state index contributed by atoms with van der Waals surface area (Å²) in [5.41, 5.74) is 30.4. The fourth-order valence-corrected chi connectivity index (χ4v) is 15.5. The fraction of sp³-hybridized carbons (Fsp3) is 0.268. The maximum absolute atomic E-state index is 6.97. The number of para-hydroxylation sites is 2. The van der Waals surface area contributed by atoms with Gasteiger partial charge in [0.05, 0.1) is 0 Å². The molecule has 0 saturated heterocycles. The lowest BCUT2D eigenvalue weighted by molar-refractivity contribution is 0.396. The third-order valence-electron chi connectivity index (χ3n) is 19.3. The summed E-state index contributed by atoms with van der Waals surface area (Å²) in [7, 11) is 0. The molecule has 5 aliphatic rings. The molecule has 8 aromatic carbocycles. The van der Waals surface area contributed by atoms with Crippen LogP contribution in [0.2, 0.25) is 0 Å². The average molecular weight is 947 g/mol. The fourth-order valence-electron chi connectivity index (χ4n) is 15.5. The van der Waals surface area contributed by atoms with Gasteiger partial charge in [0.25, 0.3) is 0 Å². The summed E-state index contributed by atoms with van der Waals surface area (Å²) < 4.78 is 13.4. The predicted octanol–water partition coefficient (Wildman–Crippen LogP) is 19.1. The van der Waals surface area contributed by atoms with E-state index in [1.54, 1.807) is 5.57 Å². The van der Waals surface area contributed by atoms with Gasteiger partial charge in [0.2, 0.25) is 0 Å². The van der Waals surface area contributed by atoms with Gasteiger partial charge < -0.3 is 8.83 Å². The largest absolute Gasteiger partial charge is 0.456 e. The number of furan rings is 2. The van der Waals surface area contributed by atoms with E-state index in [4.69, 9.17) is 8.83 Å². The number of hydrogen-bond acceptors (Lipinski definition) is 2. The van der Waals surface area contributed by atoms with Gasteiger partial charge in [0.1, 0.15) is 22.3 Å². The van der Waals surface area contributed by atoms with Crippen molar-refractivity contribution in [3.8, 4) is 33.4 Å². The number of aryl methyl sites for hydroxylation is 1. The first-order chi connectivity index (χ1) is 35.1. The smallest absolute Gasteiger partial charge is 0.144 e. The van der Waals surface area contributed by atoms with Crippen molar-refractivity contribution in [3.63, 3.8) is 0 Å². The first-order valence-corrected chi connectivity index (χ1v) is 27.0. The molecule has 0 bridgehead atoms. The maximum atomic E-state index is 6.97. The summed E-state index contributed by atoms with van der Waals surface area (Å²) in [6.07, 6.45) is 9.30. The molecule has 73 heavy (non-hydrogen) atoms. The molecule has 0 amide bonds. The highest BCUT2D eigenvalue weighted by Crippen LogP contribution is 2.65. The maximum Gasteiger partial charge on any atom is 0.144 e. The Bertz CT molecular complexity index is 4150. The lowest BCUT2D eigenvalue weighted by Crippen LogP contribution is -2.29. The van der Waals surface area contributed by atoms with Crippen LogP contribution in [-0.4, -0.2) is 0 Å². The van der Waals surface area contributed by atoms with Gasteiger partial charge in [-0.1, -0.05) is 188 Å². The van der Waals surface area contributed by atoms with Crippen molar-refractivity contribution in [2.75, 3.05) is 0 Å². The Morgan fingerprint density at radius 2 is 1.18 bits per heavy atom. The van der Waals surface area contributed by atoms with Gasteiger partial charge in [-0.05, 0) is 169 Å². The van der Waals surface area contributed by atoms with Crippen molar-refractivity contribution in [1.82, 2.24) is 0 Å². The molecular formula is C71H62O2. The van der Waals surface area contributed by atoms with Crippen molar-refractivity contribution < 1.29 is 8.83 Å². The van der Waals surface area contributed by atoms with Crippen molar-refractivity contribution >= 4 is 49.5 Å². The molecular weight excluding hydrogens is 885 g/mol. The van der Waals surface area contributed by atoms with Gasteiger partial charge in [-0.2, -0.15) is 0 Å². The van der Waals surface area contributed by atoms with Gasteiger partial charge in [-0.15, -0.1) is 0 Å². The quantitative estimate of drug-likeness (QED) is 0.166. The number of fused-ring (bicyclic) bond motifs is 22. The average Bonchev–Trinajstić information content (AvgIpc) is 4.17. The molecule has 0 N–H and O–H groups in total. The predicted molar refractivity (Wildman–Crippen MR) is 304 cm³/mol. The van der Waals surface area contributed by atoms with Gasteiger partial charge in [0.15, 0.2) is 0 Å². The van der Waals surface area contributed by atoms with Crippen LogP contribution in [0.1, 0.15) is 142 Å². The molecule has 5 aliphatic carbocycles. The van der Waals surface area contributed by atoms with E-state index >= 15 is 0 Å². The van der Waals surface area contributed by atoms with Crippen LogP contribution < -0.4 is 0 Å². The molecule has 0 fully saturated rings. The van der Waals surface area contributed by atoms with Crippen molar-refractivity contribution in [1.29, 1.82) is 0 Å². The van der Waals surface area contributed by atoms with Crippen LogP contribution in [0.25, 0.3) is 82.8 Å². The molecule has 2 heterocycles. The Kier molecular flexibility index (Phi) is 8.65. The van der Waals surface area contributed by atoms with Crippen LogP contribution in [0.3, 0.4) is 0 Å². The molecule has 2 aromatic heterocycles. The van der Waals surface area contributed by atoms with E-state index < -0.39 is 0 Å². The van der Waals surface area contributed by atoms with E-state index in [1.165, 1.54) is 122 Å². The standard InChI is InChI=1S/C71H62O2/c1-39-22-27-42(28-23-39)43(34-41-26-30-44-49-37-56-50(38-55(49)69(4,5)53(44)36-41)60-52(68(56,2)3)32-33-59-61(60)47-17-11-14-20-57(47)72-59)29-24-40-25-31-46-54(35-40)71(8,9)65-62(46)63-48-18-12-15-21-58(48)73-67(63)64-45-16-10-13-19-51(45)70(6,7)66(64)65/h10-23,25-28,30-33,36-38,43,54H,24,29,34-35H2,1-9H3. The lowest BCUT2D eigenvalue weighted by Gasteiger charge is -2.35. The summed E-state index contributed by atoms with van der Waals surface area (Å²) in [6, 6.07) is 52.9. The Balaban J connectivity index is 0.775. The highest BCUT2D eigenvalue weighted by Gasteiger charge is 2.52. The van der Waals surface area contributed by atoms with E-state index in [2.05, 4.69) is 214 Å². The third-order valence-corrected chi connectivity index (χ3v) is 19.3. The van der Waals surface area contributed by atoms with Crippen LogP contribution in [-0.2, 0) is 28.1 Å². The number of allylic oxidation sites excluding steroid dienone is 4. The zero-order chi connectivity index (χ0) is 49.7. The summed E-state index contributed by atoms with van der Waals surface area (Å²) in [5.74, 6) is 0.771. The number of hydrogen-bond donors (Lipinski definition) is 0. The van der Waals surface area contributed by atoms with Crippen LogP contribution in [0, 0.1) is 12.8 Å². The molecule has 0 aliphatic heterocycles. The topological polar surface area (TPSA) is 26.3 Å². The summed E-state index contributed by atoms with van der Waals surface area (Å²) in [4.78, 5) is 0. The SMILES string of the molecule is Cc1ccc(C(CCC2=CC=C3c4c(c5c(c6oc7ccccc7c46)-c4ccccc4C5(C)C)C(C)(C)C3C2)Cc2ccc3c(c2)C(C)(C)c2cc4c(cc2-3)C(C)(C)c2ccc3oc5ccccc5c3c2-4)cc1. The summed E-state index contributed by atoms with van der Waals surface area (Å²) in [6.45, 7) is 21.9. The first-order valence-electron chi connectivity index (χ1n) is 27.0. The molecule has 10 aromatic rings. The second-order valence-corrected chi connectivity index (χ2v) is 24.8. The molecule has 15 rings (SSSR count). The number of benzene rings is 8. The second-order valence-electron chi connectivity index (χ2n) is 24.8. The second kappa shape index (κ2) is 14.5. The van der Waals surface area contributed by atoms with E-state index in [0.29, 0.717) is 11.8 Å². The molecule has 0 radical (unpaired) electrons. The van der Waals surface area contributed by atoms with Crippen LogP contribution in [0.5, 0.6) is 0 Å². The molecule has 0 spiro atoms. The van der Waals surface area contributed by atoms with Crippen molar-refractivity contribution in [2.45, 2.75) is 116 Å². The Hall–Kier alpha value is -7.16. The van der Waals surface area contributed by atoms with Crippen LogP contribution in [0.4, 0.5) is 0 Å². The highest BCUT2D eigenvalue weighted by molar-refractivity contribution is 6.19. The van der Waals surface area contributed by atoms with E-state index in [9.17, 15) is 0 Å². The molecule has 2 heteroatoms. The van der Waals surface area contributed by atoms with Crippen molar-refractivity contribution in [2.24, 2.45) is 5.92 Å². The zero-order valence-corrected chi connectivity index (χ0v) is 43.7. The van der Waals surface area contributed by atoms with E-state index in [-0.39, 0.29) is 21.7 Å². The normalized spacial score (nSPS) is 19.0. The lowest BCUT2D eigenvalue weighted by atomic mass is 9.68. The van der Waals surface area contributed by atoms with Gasteiger partial charge in [-0.25, -0.2) is 0 Å². The van der Waals surface area contributed by atoms with E-state index in [0.717, 1.165) is 48.0 Å². The summed E-state index contributed by atoms with van der Waals surface area (Å²) in [5, 5.41) is 4.98. The zero-order valence-electron chi connectivity index (χ0n) is 43.7. The van der Waals surface area contributed by atoms with E-state index in [1.807, 2.05) is 0 Å². The molecule has 2 nitrogen and oxygen atoms in total. The van der Waals surface area contributed by atoms with Gasteiger partial charge in [-0.3, -0.25) is 0 Å². The highest BCUT2D eigenvalue weighted by atomic mass is 16.3. The molecule has 2 atom stereocenters. The molecule has 358 valence electrons. The van der Waals surface area contributed by atoms with Gasteiger partial charge in [0, 0.05) is 43.4 Å². The first kappa shape index (κ1) is 43.4. The molecule has 0 saturated carbocycles. The Labute approximate surface area is 429 Å². The minimum atomic E-state index is -0.149. The Morgan fingerprint density at radius 3 is 1.97 bits per heavy atom. The monoisotopic (exact) mass is 946 g/mol. The number of rotatable bonds is 6. The Morgan fingerprint density at radius 1 is 0.507 bits per heavy atom.